The van der Waals surface area contributed by atoms with Crippen molar-refractivity contribution in [3.8, 4) is 0 Å². The van der Waals surface area contributed by atoms with Crippen molar-refractivity contribution in [1.29, 1.82) is 0 Å². The molecule has 0 aliphatic heterocycles. The number of anilines is 2. The molecule has 0 saturated carbocycles. The van der Waals surface area contributed by atoms with E-state index in [2.05, 4.69) is 15.3 Å². The van der Waals surface area contributed by atoms with Crippen molar-refractivity contribution in [1.82, 2.24) is 9.97 Å². The van der Waals surface area contributed by atoms with Crippen LogP contribution in [0.1, 0.15) is 16.1 Å². The number of hydrogen-bond acceptors (Lipinski definition) is 7. The van der Waals surface area contributed by atoms with E-state index in [-0.39, 0.29) is 22.2 Å². The topological polar surface area (TPSA) is 115 Å². The average molecular weight is 387 g/mol. The molecule has 0 fully saturated rings. The smallest absolute Gasteiger partial charge is 0.254 e. The molecule has 1 amide bonds. The number of halogens is 1. The molecule has 3 N–H and O–H groups in total. The van der Waals surface area contributed by atoms with Crippen molar-refractivity contribution in [2.75, 3.05) is 17.8 Å². The van der Waals surface area contributed by atoms with Crippen LogP contribution in [0.4, 0.5) is 11.5 Å². The van der Waals surface area contributed by atoms with Crippen molar-refractivity contribution in [3.05, 3.63) is 35.5 Å². The summed E-state index contributed by atoms with van der Waals surface area (Å²) >= 11 is 7.13. The Kier molecular flexibility index (Phi) is 5.68. The van der Waals surface area contributed by atoms with E-state index in [1.807, 2.05) is 0 Å². The Morgan fingerprint density at radius 1 is 1.38 bits per heavy atom. The zero-order valence-electron chi connectivity index (χ0n) is 12.9. The summed E-state index contributed by atoms with van der Waals surface area (Å²) in [5, 5.41) is 3.34. The summed E-state index contributed by atoms with van der Waals surface area (Å²) in [7, 11) is -3.36. The number of carbonyl (C=O) groups is 1. The molecule has 0 aliphatic rings. The van der Waals surface area contributed by atoms with Gasteiger partial charge in [0.1, 0.15) is 11.4 Å². The molecule has 0 aliphatic carbocycles. The summed E-state index contributed by atoms with van der Waals surface area (Å²) in [5.74, 6) is -0.546. The number of primary amides is 1. The van der Waals surface area contributed by atoms with Gasteiger partial charge in [0.05, 0.1) is 16.5 Å². The molecule has 2 rings (SSSR count). The van der Waals surface area contributed by atoms with Gasteiger partial charge in [-0.2, -0.15) is 0 Å². The van der Waals surface area contributed by atoms with Crippen molar-refractivity contribution in [2.45, 2.75) is 15.9 Å². The van der Waals surface area contributed by atoms with Crippen molar-refractivity contribution >= 4 is 50.6 Å². The number of nitrogens with one attached hydrogen (secondary N) is 1. The normalized spacial score (nSPS) is 11.3. The largest absolute Gasteiger partial charge is 0.365 e. The van der Waals surface area contributed by atoms with Gasteiger partial charge < -0.3 is 11.1 Å². The molecular weight excluding hydrogens is 372 g/mol. The number of alkyl halides is 1. The Hall–Kier alpha value is -1.84. The van der Waals surface area contributed by atoms with Crippen LogP contribution in [0.25, 0.3) is 0 Å². The van der Waals surface area contributed by atoms with E-state index in [1.54, 1.807) is 18.4 Å². The number of nitrogens with two attached hydrogens (primary N) is 1. The zero-order chi connectivity index (χ0) is 17.9. The molecule has 10 heteroatoms. The summed E-state index contributed by atoms with van der Waals surface area (Å²) in [4.78, 5) is 20.3. The number of thioether (sulfide) groups is 1. The van der Waals surface area contributed by atoms with E-state index in [0.717, 1.165) is 6.26 Å². The van der Waals surface area contributed by atoms with E-state index in [0.29, 0.717) is 16.5 Å². The van der Waals surface area contributed by atoms with E-state index in [4.69, 9.17) is 17.3 Å². The van der Waals surface area contributed by atoms with Gasteiger partial charge in [0, 0.05) is 11.9 Å². The Bertz CT molecular complexity index is 888. The maximum Gasteiger partial charge on any atom is 0.254 e. The van der Waals surface area contributed by atoms with Gasteiger partial charge in [0.2, 0.25) is 0 Å². The zero-order valence-corrected chi connectivity index (χ0v) is 15.3. The van der Waals surface area contributed by atoms with E-state index >= 15 is 0 Å². The number of benzene rings is 1. The van der Waals surface area contributed by atoms with Crippen molar-refractivity contribution < 1.29 is 13.2 Å². The molecule has 0 saturated heterocycles. The first-order valence-corrected chi connectivity index (χ1v) is 10.3. The second kappa shape index (κ2) is 7.37. The molecule has 128 valence electrons. The molecule has 0 bridgehead atoms. The van der Waals surface area contributed by atoms with Gasteiger partial charge in [-0.25, -0.2) is 18.4 Å². The predicted octanol–water partition coefficient (Wildman–Crippen LogP) is 2.18. The van der Waals surface area contributed by atoms with Crippen LogP contribution in [0.3, 0.4) is 0 Å². The van der Waals surface area contributed by atoms with Crippen molar-refractivity contribution in [3.63, 3.8) is 0 Å². The van der Waals surface area contributed by atoms with Gasteiger partial charge in [-0.1, -0.05) is 17.8 Å². The molecule has 0 unspecified atom stereocenters. The second-order valence-corrected chi connectivity index (χ2v) is 7.86. The number of hydrogen-bond donors (Lipinski definition) is 2. The van der Waals surface area contributed by atoms with Crippen LogP contribution in [0.5, 0.6) is 0 Å². The van der Waals surface area contributed by atoms with Gasteiger partial charge in [-0.05, 0) is 24.5 Å². The fourth-order valence-electron chi connectivity index (χ4n) is 1.96. The van der Waals surface area contributed by atoms with E-state index in [1.165, 1.54) is 23.9 Å². The average Bonchev–Trinajstić information content (AvgIpc) is 2.53. The molecule has 2 aromatic rings. The number of aromatic nitrogens is 2. The Morgan fingerprint density at radius 2 is 2.08 bits per heavy atom. The van der Waals surface area contributed by atoms with Crippen LogP contribution < -0.4 is 11.1 Å². The Labute approximate surface area is 148 Å². The molecular formula is C14H15ClN4O3S2. The highest BCUT2D eigenvalue weighted by Gasteiger charge is 2.19. The van der Waals surface area contributed by atoms with E-state index in [9.17, 15) is 13.2 Å². The molecule has 7 nitrogen and oxygen atoms in total. The first-order chi connectivity index (χ1) is 11.3. The number of nitrogens with zero attached hydrogens (tertiary/aromatic N) is 2. The highest BCUT2D eigenvalue weighted by atomic mass is 35.5. The van der Waals surface area contributed by atoms with Crippen LogP contribution in [0.2, 0.25) is 0 Å². The molecule has 1 aromatic carbocycles. The van der Waals surface area contributed by atoms with Crippen LogP contribution in [0.15, 0.2) is 34.3 Å². The second-order valence-electron chi connectivity index (χ2n) is 4.80. The number of carbonyl (C=O) groups excluding carboxylic acids is 1. The minimum atomic E-state index is -3.36. The minimum Gasteiger partial charge on any atom is -0.365 e. The maximum absolute atomic E-state index is 11.8. The molecule has 1 aromatic heterocycles. The Balaban J connectivity index is 2.55. The molecule has 24 heavy (non-hydrogen) atoms. The number of amides is 1. The van der Waals surface area contributed by atoms with Crippen LogP contribution in [-0.2, 0) is 15.7 Å². The third kappa shape index (κ3) is 4.16. The molecule has 0 atom stereocenters. The van der Waals surface area contributed by atoms with Crippen LogP contribution in [-0.4, -0.2) is 36.8 Å². The van der Waals surface area contributed by atoms with Gasteiger partial charge >= 0.3 is 0 Å². The minimum absolute atomic E-state index is 0.00753. The Morgan fingerprint density at radius 3 is 2.62 bits per heavy atom. The van der Waals surface area contributed by atoms with Gasteiger partial charge in [-0.3, -0.25) is 4.79 Å². The number of sulfone groups is 1. The quantitative estimate of drug-likeness (QED) is 0.444. The monoisotopic (exact) mass is 386 g/mol. The highest BCUT2D eigenvalue weighted by Crippen LogP contribution is 2.26. The lowest BCUT2D eigenvalue weighted by Crippen LogP contribution is -2.18. The summed E-state index contributed by atoms with van der Waals surface area (Å²) < 4.78 is 23.3. The summed E-state index contributed by atoms with van der Waals surface area (Å²) in [6.07, 6.45) is 2.90. The van der Waals surface area contributed by atoms with Crippen molar-refractivity contribution in [2.24, 2.45) is 5.73 Å². The van der Waals surface area contributed by atoms with Crippen LogP contribution >= 0.6 is 23.4 Å². The summed E-state index contributed by atoms with van der Waals surface area (Å²) in [6, 6.07) is 6.16. The third-order valence-electron chi connectivity index (χ3n) is 3.04. The lowest BCUT2D eigenvalue weighted by molar-refractivity contribution is 0.0999. The maximum atomic E-state index is 11.8. The molecule has 0 radical (unpaired) electrons. The van der Waals surface area contributed by atoms with Gasteiger partial charge in [0.15, 0.2) is 15.0 Å². The highest BCUT2D eigenvalue weighted by molar-refractivity contribution is 7.98. The predicted molar refractivity (Wildman–Crippen MR) is 94.7 cm³/mol. The fraction of sp³-hybridized carbons (Fsp3) is 0.214. The lowest BCUT2D eigenvalue weighted by atomic mass is 10.2. The summed E-state index contributed by atoms with van der Waals surface area (Å²) in [5.41, 5.74) is 6.25. The van der Waals surface area contributed by atoms with E-state index < -0.39 is 15.7 Å². The molecule has 0 spiro atoms. The number of rotatable bonds is 6. The first kappa shape index (κ1) is 18.5. The lowest BCUT2D eigenvalue weighted by Gasteiger charge is -2.13. The van der Waals surface area contributed by atoms with Crippen LogP contribution in [0, 0.1) is 0 Å². The fourth-order valence-corrected chi connectivity index (χ4v) is 3.21. The summed E-state index contributed by atoms with van der Waals surface area (Å²) in [6.45, 7) is 0. The van der Waals surface area contributed by atoms with Gasteiger partial charge in [-0.15, -0.1) is 11.6 Å². The SMILES string of the molecule is CSc1nc(CCl)c(C(N)=O)c(Nc2cccc(S(C)(=O)=O)c2)n1. The molecule has 1 heterocycles. The first-order valence-electron chi connectivity index (χ1n) is 6.64. The van der Waals surface area contributed by atoms with Gasteiger partial charge in [0.25, 0.3) is 5.91 Å². The standard InChI is InChI=1S/C14H15ClN4O3S2/c1-23-14-18-10(7-15)11(12(16)20)13(19-14)17-8-4-3-5-9(6-8)24(2,21)22/h3-6H,7H2,1-2H3,(H2,16,20)(H,17,18,19). The third-order valence-corrected chi connectivity index (χ3v) is 4.96.